The van der Waals surface area contributed by atoms with Crippen LogP contribution >= 0.6 is 11.8 Å². The molecule has 3 nitrogen and oxygen atoms in total. The van der Waals surface area contributed by atoms with Gasteiger partial charge in [0.15, 0.2) is 0 Å². The van der Waals surface area contributed by atoms with Gasteiger partial charge in [0.05, 0.1) is 0 Å². The van der Waals surface area contributed by atoms with E-state index in [0.29, 0.717) is 6.54 Å². The summed E-state index contributed by atoms with van der Waals surface area (Å²) < 4.78 is 0. The molecule has 16 heavy (non-hydrogen) atoms. The number of rotatable bonds is 3. The van der Waals surface area contributed by atoms with Crippen LogP contribution in [-0.4, -0.2) is 9.97 Å². The molecule has 0 aliphatic rings. The monoisotopic (exact) mass is 231 g/mol. The van der Waals surface area contributed by atoms with Gasteiger partial charge in [0, 0.05) is 30.0 Å². The topological polar surface area (TPSA) is 51.8 Å². The van der Waals surface area contributed by atoms with Gasteiger partial charge in [0.2, 0.25) is 0 Å². The Kier molecular flexibility index (Phi) is 3.54. The molecule has 0 aromatic carbocycles. The predicted molar refractivity (Wildman–Crippen MR) is 65.2 cm³/mol. The van der Waals surface area contributed by atoms with E-state index >= 15 is 0 Å². The van der Waals surface area contributed by atoms with Crippen LogP contribution in [0, 0.1) is 6.92 Å². The van der Waals surface area contributed by atoms with Gasteiger partial charge in [0.25, 0.3) is 0 Å². The lowest BCUT2D eigenvalue weighted by molar-refractivity contribution is 0.988. The molecule has 2 N–H and O–H groups in total. The van der Waals surface area contributed by atoms with Crippen LogP contribution in [0.15, 0.2) is 46.7 Å². The number of nitrogens with two attached hydrogens (primary N) is 1. The van der Waals surface area contributed by atoms with E-state index in [0.717, 1.165) is 21.0 Å². The van der Waals surface area contributed by atoms with E-state index in [9.17, 15) is 0 Å². The van der Waals surface area contributed by atoms with E-state index in [4.69, 9.17) is 5.73 Å². The minimum atomic E-state index is 0.536. The van der Waals surface area contributed by atoms with Crippen LogP contribution in [0.4, 0.5) is 0 Å². The van der Waals surface area contributed by atoms with Crippen LogP contribution in [0.5, 0.6) is 0 Å². The summed E-state index contributed by atoms with van der Waals surface area (Å²) in [5, 5.41) is 1.02. The van der Waals surface area contributed by atoms with Crippen molar-refractivity contribution in [2.45, 2.75) is 23.4 Å². The fraction of sp³-hybridized carbons (Fsp3) is 0.167. The summed E-state index contributed by atoms with van der Waals surface area (Å²) in [5.74, 6) is 0. The molecule has 2 aromatic heterocycles. The molecule has 4 heteroatoms. The first-order valence-electron chi connectivity index (χ1n) is 5.03. The van der Waals surface area contributed by atoms with E-state index in [1.807, 2.05) is 18.3 Å². The number of hydrogen-bond donors (Lipinski definition) is 1. The molecule has 0 fully saturated rings. The molecule has 2 rings (SSSR count). The Hall–Kier alpha value is -1.39. The summed E-state index contributed by atoms with van der Waals surface area (Å²) in [4.78, 5) is 9.54. The summed E-state index contributed by atoms with van der Waals surface area (Å²) in [6.45, 7) is 2.59. The minimum absolute atomic E-state index is 0.536. The fourth-order valence-electron chi connectivity index (χ4n) is 1.36. The Labute approximate surface area is 99.1 Å². The zero-order valence-corrected chi connectivity index (χ0v) is 9.87. The molecule has 2 heterocycles. The maximum Gasteiger partial charge on any atom is 0.104 e. The van der Waals surface area contributed by atoms with Gasteiger partial charge >= 0.3 is 0 Å². The molecular formula is C12H13N3S. The first-order chi connectivity index (χ1) is 7.79. The van der Waals surface area contributed by atoms with E-state index in [1.165, 1.54) is 0 Å². The third-order valence-electron chi connectivity index (χ3n) is 2.19. The molecule has 0 atom stereocenters. The van der Waals surface area contributed by atoms with Crippen LogP contribution < -0.4 is 5.73 Å². The van der Waals surface area contributed by atoms with Crippen LogP contribution in [0.2, 0.25) is 0 Å². The van der Waals surface area contributed by atoms with Gasteiger partial charge in [0.1, 0.15) is 5.03 Å². The SMILES string of the molecule is Cc1cc(CN)cnc1Sc1ccncc1. The van der Waals surface area contributed by atoms with Crippen LogP contribution in [0.1, 0.15) is 11.1 Å². The summed E-state index contributed by atoms with van der Waals surface area (Å²) in [5.41, 5.74) is 7.79. The number of aromatic nitrogens is 2. The van der Waals surface area contributed by atoms with Gasteiger partial charge < -0.3 is 5.73 Å². The molecule has 82 valence electrons. The third-order valence-corrected chi connectivity index (χ3v) is 3.32. The number of aryl methyl sites for hydroxylation is 1. The number of hydrogen-bond acceptors (Lipinski definition) is 4. The Morgan fingerprint density at radius 2 is 2.06 bits per heavy atom. The standard InChI is InChI=1S/C12H13N3S/c1-9-6-10(7-13)8-15-12(9)16-11-2-4-14-5-3-11/h2-6,8H,7,13H2,1H3. The molecule has 0 saturated heterocycles. The van der Waals surface area contributed by atoms with Gasteiger partial charge in [-0.1, -0.05) is 17.8 Å². The zero-order chi connectivity index (χ0) is 11.4. The van der Waals surface area contributed by atoms with E-state index in [2.05, 4.69) is 23.0 Å². The van der Waals surface area contributed by atoms with E-state index < -0.39 is 0 Å². The first kappa shape index (κ1) is 11.1. The van der Waals surface area contributed by atoms with E-state index in [-0.39, 0.29) is 0 Å². The molecule has 0 bridgehead atoms. The second-order valence-electron chi connectivity index (χ2n) is 3.45. The average Bonchev–Trinajstić information content (AvgIpc) is 2.33. The van der Waals surface area contributed by atoms with Gasteiger partial charge in [-0.15, -0.1) is 0 Å². The number of pyridine rings is 2. The highest BCUT2D eigenvalue weighted by atomic mass is 32.2. The maximum absolute atomic E-state index is 5.57. The molecule has 0 aliphatic heterocycles. The van der Waals surface area contributed by atoms with Gasteiger partial charge in [-0.25, -0.2) is 4.98 Å². The summed E-state index contributed by atoms with van der Waals surface area (Å²) in [7, 11) is 0. The van der Waals surface area contributed by atoms with Crippen LogP contribution in [-0.2, 0) is 6.54 Å². The first-order valence-corrected chi connectivity index (χ1v) is 5.84. The molecule has 0 spiro atoms. The molecule has 0 saturated carbocycles. The molecule has 2 aromatic rings. The van der Waals surface area contributed by atoms with Crippen molar-refractivity contribution in [3.05, 3.63) is 47.9 Å². The van der Waals surface area contributed by atoms with Crippen molar-refractivity contribution < 1.29 is 0 Å². The van der Waals surface area contributed by atoms with Gasteiger partial charge in [-0.3, -0.25) is 4.98 Å². The Bertz CT molecular complexity index is 471. The Morgan fingerprint density at radius 1 is 1.31 bits per heavy atom. The van der Waals surface area contributed by atoms with Gasteiger partial charge in [-0.05, 0) is 30.2 Å². The second-order valence-corrected chi connectivity index (χ2v) is 4.52. The lowest BCUT2D eigenvalue weighted by Gasteiger charge is -2.05. The second kappa shape index (κ2) is 5.09. The summed E-state index contributed by atoms with van der Waals surface area (Å²) >= 11 is 1.64. The Morgan fingerprint density at radius 3 is 2.69 bits per heavy atom. The summed E-state index contributed by atoms with van der Waals surface area (Å²) in [6, 6.07) is 6.03. The number of nitrogens with zero attached hydrogens (tertiary/aromatic N) is 2. The minimum Gasteiger partial charge on any atom is -0.326 e. The Balaban J connectivity index is 2.22. The van der Waals surface area contributed by atoms with Crippen molar-refractivity contribution in [3.63, 3.8) is 0 Å². The normalized spacial score (nSPS) is 10.4. The van der Waals surface area contributed by atoms with Crippen LogP contribution in [0.25, 0.3) is 0 Å². The lowest BCUT2D eigenvalue weighted by Crippen LogP contribution is -1.98. The molecule has 0 radical (unpaired) electrons. The van der Waals surface area contributed by atoms with Crippen molar-refractivity contribution in [1.29, 1.82) is 0 Å². The molecule has 0 amide bonds. The van der Waals surface area contributed by atoms with Crippen molar-refractivity contribution in [2.24, 2.45) is 5.73 Å². The molecular weight excluding hydrogens is 218 g/mol. The predicted octanol–water partition coefficient (Wildman–Crippen LogP) is 2.39. The van der Waals surface area contributed by atoms with E-state index in [1.54, 1.807) is 24.2 Å². The zero-order valence-electron chi connectivity index (χ0n) is 9.05. The quantitative estimate of drug-likeness (QED) is 0.881. The van der Waals surface area contributed by atoms with Crippen molar-refractivity contribution >= 4 is 11.8 Å². The largest absolute Gasteiger partial charge is 0.326 e. The van der Waals surface area contributed by atoms with Gasteiger partial charge in [-0.2, -0.15) is 0 Å². The molecule has 0 unspecified atom stereocenters. The third kappa shape index (κ3) is 2.59. The molecule has 0 aliphatic carbocycles. The highest BCUT2D eigenvalue weighted by molar-refractivity contribution is 7.99. The lowest BCUT2D eigenvalue weighted by atomic mass is 10.2. The van der Waals surface area contributed by atoms with Crippen molar-refractivity contribution in [3.8, 4) is 0 Å². The van der Waals surface area contributed by atoms with Crippen LogP contribution in [0.3, 0.4) is 0 Å². The highest BCUT2D eigenvalue weighted by Crippen LogP contribution is 2.27. The van der Waals surface area contributed by atoms with Crippen molar-refractivity contribution in [2.75, 3.05) is 0 Å². The van der Waals surface area contributed by atoms with Crippen molar-refractivity contribution in [1.82, 2.24) is 9.97 Å². The fourth-order valence-corrected chi connectivity index (χ4v) is 2.16. The highest BCUT2D eigenvalue weighted by Gasteiger charge is 2.03. The average molecular weight is 231 g/mol. The maximum atomic E-state index is 5.57. The smallest absolute Gasteiger partial charge is 0.104 e. The summed E-state index contributed by atoms with van der Waals surface area (Å²) in [6.07, 6.45) is 5.40.